The number of hydrogen-bond acceptors (Lipinski definition) is 2. The highest BCUT2D eigenvalue weighted by atomic mass is 127. The van der Waals surface area contributed by atoms with E-state index < -0.39 is 0 Å². The molecule has 1 aromatic heterocycles. The molecule has 0 bridgehead atoms. The van der Waals surface area contributed by atoms with Crippen LogP contribution in [0.25, 0.3) is 0 Å². The van der Waals surface area contributed by atoms with E-state index in [2.05, 4.69) is 66.0 Å². The highest BCUT2D eigenvalue weighted by molar-refractivity contribution is 14.0. The van der Waals surface area contributed by atoms with Crippen LogP contribution in [0.5, 0.6) is 0 Å². The lowest BCUT2D eigenvalue weighted by Gasteiger charge is -2.22. The Morgan fingerprint density at radius 3 is 2.88 bits per heavy atom. The van der Waals surface area contributed by atoms with E-state index in [-0.39, 0.29) is 24.0 Å². The Bertz CT molecular complexity index is 743. The lowest BCUT2D eigenvalue weighted by atomic mass is 10.0. The minimum Gasteiger partial charge on any atom is -0.357 e. The van der Waals surface area contributed by atoms with Gasteiger partial charge in [-0.05, 0) is 60.1 Å². The molecule has 1 heterocycles. The number of nitrogens with one attached hydrogen (secondary N) is 1. The van der Waals surface area contributed by atoms with Gasteiger partial charge >= 0.3 is 0 Å². The van der Waals surface area contributed by atoms with Crippen LogP contribution in [0, 0.1) is 11.8 Å². The number of rotatable bonds is 6. The van der Waals surface area contributed by atoms with Gasteiger partial charge in [0, 0.05) is 31.6 Å². The zero-order valence-corrected chi connectivity index (χ0v) is 18.7. The SMILES string of the molecule is CCNC(=NCC1C2Cc3ccccc3C12)N(C)CCc1cccs1.I. The second-order valence-corrected chi connectivity index (χ2v) is 8.23. The largest absolute Gasteiger partial charge is 0.357 e. The van der Waals surface area contributed by atoms with Crippen molar-refractivity contribution < 1.29 is 0 Å². The molecular formula is C21H28IN3S. The van der Waals surface area contributed by atoms with E-state index >= 15 is 0 Å². The molecule has 3 unspecified atom stereocenters. The molecule has 26 heavy (non-hydrogen) atoms. The second-order valence-electron chi connectivity index (χ2n) is 7.20. The smallest absolute Gasteiger partial charge is 0.193 e. The van der Waals surface area contributed by atoms with Gasteiger partial charge in [0.15, 0.2) is 5.96 Å². The van der Waals surface area contributed by atoms with Gasteiger partial charge in [-0.1, -0.05) is 30.3 Å². The molecule has 5 heteroatoms. The molecule has 1 N–H and O–H groups in total. The summed E-state index contributed by atoms with van der Waals surface area (Å²) in [6.07, 6.45) is 2.34. The van der Waals surface area contributed by atoms with Gasteiger partial charge in [0.1, 0.15) is 0 Å². The molecule has 140 valence electrons. The van der Waals surface area contributed by atoms with Gasteiger partial charge in [-0.25, -0.2) is 0 Å². The summed E-state index contributed by atoms with van der Waals surface area (Å²) in [7, 11) is 2.15. The van der Waals surface area contributed by atoms with Gasteiger partial charge in [-0.15, -0.1) is 35.3 Å². The van der Waals surface area contributed by atoms with Crippen LogP contribution in [-0.2, 0) is 12.8 Å². The van der Waals surface area contributed by atoms with Crippen LogP contribution in [0.4, 0.5) is 0 Å². The average Bonchev–Trinajstić information content (AvgIpc) is 3.00. The summed E-state index contributed by atoms with van der Waals surface area (Å²) in [4.78, 5) is 8.68. The number of thiophene rings is 1. The number of benzene rings is 1. The van der Waals surface area contributed by atoms with Crippen molar-refractivity contribution in [2.45, 2.75) is 25.7 Å². The molecule has 0 spiro atoms. The van der Waals surface area contributed by atoms with Gasteiger partial charge in [0.25, 0.3) is 0 Å². The third-order valence-electron chi connectivity index (χ3n) is 5.62. The third kappa shape index (κ3) is 4.09. The maximum atomic E-state index is 4.97. The molecule has 0 aliphatic heterocycles. The van der Waals surface area contributed by atoms with Gasteiger partial charge in [-0.2, -0.15) is 0 Å². The molecule has 2 aliphatic rings. The summed E-state index contributed by atoms with van der Waals surface area (Å²) in [6, 6.07) is 13.3. The van der Waals surface area contributed by atoms with Crippen molar-refractivity contribution >= 4 is 41.3 Å². The normalized spacial score (nSPS) is 23.0. The highest BCUT2D eigenvalue weighted by Gasteiger charge is 2.54. The van der Waals surface area contributed by atoms with Gasteiger partial charge in [-0.3, -0.25) is 4.99 Å². The van der Waals surface area contributed by atoms with Crippen LogP contribution in [0.2, 0.25) is 0 Å². The Kier molecular flexibility index (Phi) is 6.61. The van der Waals surface area contributed by atoms with Gasteiger partial charge < -0.3 is 10.2 Å². The standard InChI is InChI=1S/C21H27N3S.HI/c1-3-22-21(24(2)11-10-16-8-6-12-25-16)23-14-19-18-13-15-7-4-5-9-17(15)20(18)19;/h4-9,12,18-20H,3,10-11,13-14H2,1-2H3,(H,22,23);1H. The summed E-state index contributed by atoms with van der Waals surface area (Å²) in [5.41, 5.74) is 3.15. The van der Waals surface area contributed by atoms with Crippen molar-refractivity contribution in [3.63, 3.8) is 0 Å². The van der Waals surface area contributed by atoms with E-state index in [1.165, 1.54) is 11.3 Å². The first kappa shape index (κ1) is 19.7. The van der Waals surface area contributed by atoms with Crippen molar-refractivity contribution in [3.8, 4) is 0 Å². The zero-order valence-electron chi connectivity index (χ0n) is 15.5. The maximum Gasteiger partial charge on any atom is 0.193 e. The predicted octanol–water partition coefficient (Wildman–Crippen LogP) is 4.39. The summed E-state index contributed by atoms with van der Waals surface area (Å²) < 4.78 is 0. The van der Waals surface area contributed by atoms with Crippen molar-refractivity contribution in [2.75, 3.05) is 26.7 Å². The minimum atomic E-state index is 0. The first-order chi connectivity index (χ1) is 12.3. The van der Waals surface area contributed by atoms with Crippen molar-refractivity contribution in [3.05, 3.63) is 57.8 Å². The number of nitrogens with zero attached hydrogens (tertiary/aromatic N) is 2. The van der Waals surface area contributed by atoms with E-state index in [0.717, 1.165) is 49.8 Å². The van der Waals surface area contributed by atoms with Crippen LogP contribution >= 0.6 is 35.3 Å². The van der Waals surface area contributed by atoms with Crippen LogP contribution < -0.4 is 5.32 Å². The van der Waals surface area contributed by atoms with Crippen molar-refractivity contribution in [1.29, 1.82) is 0 Å². The number of guanidine groups is 1. The Hall–Kier alpha value is -1.08. The lowest BCUT2D eigenvalue weighted by Crippen LogP contribution is -2.40. The Morgan fingerprint density at radius 2 is 2.12 bits per heavy atom. The number of hydrogen-bond donors (Lipinski definition) is 1. The summed E-state index contributed by atoms with van der Waals surface area (Å²) in [6.45, 7) is 5.02. The number of fused-ring (bicyclic) bond motifs is 3. The summed E-state index contributed by atoms with van der Waals surface area (Å²) in [5.74, 6) is 3.39. The lowest BCUT2D eigenvalue weighted by molar-refractivity contribution is 0.485. The molecule has 0 radical (unpaired) electrons. The van der Waals surface area contributed by atoms with Gasteiger partial charge in [0.05, 0.1) is 0 Å². The zero-order chi connectivity index (χ0) is 17.2. The molecule has 4 rings (SSSR count). The Morgan fingerprint density at radius 1 is 1.27 bits per heavy atom. The van der Waals surface area contributed by atoms with Gasteiger partial charge in [0.2, 0.25) is 0 Å². The van der Waals surface area contributed by atoms with Crippen molar-refractivity contribution in [2.24, 2.45) is 16.8 Å². The molecule has 1 fully saturated rings. The molecule has 0 saturated heterocycles. The van der Waals surface area contributed by atoms with E-state index in [1.807, 2.05) is 11.3 Å². The quantitative estimate of drug-likeness (QED) is 0.377. The van der Waals surface area contributed by atoms with Crippen LogP contribution in [0.1, 0.15) is 28.8 Å². The monoisotopic (exact) mass is 481 g/mol. The Balaban J connectivity index is 0.00000196. The summed E-state index contributed by atoms with van der Waals surface area (Å²) in [5, 5.41) is 5.61. The average molecular weight is 481 g/mol. The first-order valence-corrected chi connectivity index (χ1v) is 10.3. The van der Waals surface area contributed by atoms with Crippen LogP contribution in [0.15, 0.2) is 46.8 Å². The van der Waals surface area contributed by atoms with E-state index in [1.54, 1.807) is 11.1 Å². The van der Waals surface area contributed by atoms with E-state index in [9.17, 15) is 0 Å². The maximum absolute atomic E-state index is 4.97. The van der Waals surface area contributed by atoms with Crippen LogP contribution in [0.3, 0.4) is 0 Å². The fraction of sp³-hybridized carbons (Fsp3) is 0.476. The predicted molar refractivity (Wildman–Crippen MR) is 122 cm³/mol. The van der Waals surface area contributed by atoms with E-state index in [0.29, 0.717) is 0 Å². The first-order valence-electron chi connectivity index (χ1n) is 9.37. The minimum absolute atomic E-state index is 0. The summed E-state index contributed by atoms with van der Waals surface area (Å²) >= 11 is 1.84. The molecule has 3 atom stereocenters. The molecule has 2 aromatic rings. The second kappa shape index (κ2) is 8.74. The number of aliphatic imine (C=N–C) groups is 1. The molecular weight excluding hydrogens is 453 g/mol. The fourth-order valence-electron chi connectivity index (χ4n) is 4.23. The number of likely N-dealkylation sites (N-methyl/N-ethyl adjacent to an activating group) is 1. The Labute approximate surface area is 177 Å². The molecule has 0 amide bonds. The van der Waals surface area contributed by atoms with Crippen molar-refractivity contribution in [1.82, 2.24) is 10.2 Å². The molecule has 1 aromatic carbocycles. The van der Waals surface area contributed by atoms with Crippen LogP contribution in [-0.4, -0.2) is 37.5 Å². The molecule has 3 nitrogen and oxygen atoms in total. The molecule has 1 saturated carbocycles. The fourth-order valence-corrected chi connectivity index (χ4v) is 4.93. The van der Waals surface area contributed by atoms with E-state index in [4.69, 9.17) is 4.99 Å². The third-order valence-corrected chi connectivity index (χ3v) is 6.56. The molecule has 2 aliphatic carbocycles. The topological polar surface area (TPSA) is 27.6 Å². The number of halogens is 1. The highest BCUT2D eigenvalue weighted by Crippen LogP contribution is 2.61.